The van der Waals surface area contributed by atoms with Crippen LogP contribution in [-0.2, 0) is 6.42 Å². The van der Waals surface area contributed by atoms with Crippen LogP contribution in [0.15, 0.2) is 12.1 Å². The van der Waals surface area contributed by atoms with Crippen molar-refractivity contribution in [3.8, 4) is 0 Å². The van der Waals surface area contributed by atoms with Gasteiger partial charge in [0.15, 0.2) is 0 Å². The van der Waals surface area contributed by atoms with Gasteiger partial charge in [-0.2, -0.15) is 0 Å². The predicted octanol–water partition coefficient (Wildman–Crippen LogP) is 2.34. The van der Waals surface area contributed by atoms with E-state index in [-0.39, 0.29) is 5.91 Å². The summed E-state index contributed by atoms with van der Waals surface area (Å²) in [6.07, 6.45) is 1.81. The van der Waals surface area contributed by atoms with Gasteiger partial charge in [-0.1, -0.05) is 34.1 Å². The first kappa shape index (κ1) is 16.4. The van der Waals surface area contributed by atoms with Gasteiger partial charge in [0.05, 0.1) is 0 Å². The summed E-state index contributed by atoms with van der Waals surface area (Å²) in [5, 5.41) is 2.97. The minimum Gasteiger partial charge on any atom is -0.352 e. The Morgan fingerprint density at radius 3 is 2.60 bits per heavy atom. The zero-order chi connectivity index (χ0) is 15.1. The van der Waals surface area contributed by atoms with Gasteiger partial charge in [-0.05, 0) is 30.4 Å². The molecular weight excluding hydrogens is 252 g/mol. The Balaban J connectivity index is 2.78. The quantitative estimate of drug-likeness (QED) is 0.528. The SMILES string of the molecule is CCCc1cc(C(=O)NCC(C)C(C)C)cc(NN)n1. The molecule has 0 aliphatic heterocycles. The molecule has 0 aliphatic rings. The van der Waals surface area contributed by atoms with Crippen LogP contribution < -0.4 is 16.6 Å². The molecule has 0 radical (unpaired) electrons. The first-order chi connectivity index (χ1) is 9.47. The lowest BCUT2D eigenvalue weighted by molar-refractivity contribution is 0.0944. The Bertz CT molecular complexity index is 445. The predicted molar refractivity (Wildman–Crippen MR) is 82.4 cm³/mol. The Kier molecular flexibility index (Phi) is 6.45. The molecule has 1 heterocycles. The third kappa shape index (κ3) is 4.81. The molecule has 1 aromatic heterocycles. The molecule has 4 N–H and O–H groups in total. The number of carbonyl (C=O) groups excluding carboxylic acids is 1. The fraction of sp³-hybridized carbons (Fsp3) is 0.600. The van der Waals surface area contributed by atoms with Gasteiger partial charge in [0.25, 0.3) is 5.91 Å². The van der Waals surface area contributed by atoms with Crippen molar-refractivity contribution in [1.82, 2.24) is 10.3 Å². The largest absolute Gasteiger partial charge is 0.352 e. The molecule has 0 saturated heterocycles. The third-order valence-corrected chi connectivity index (χ3v) is 3.52. The number of rotatable bonds is 7. The maximum absolute atomic E-state index is 12.2. The van der Waals surface area contributed by atoms with E-state index >= 15 is 0 Å². The molecule has 1 unspecified atom stereocenters. The van der Waals surface area contributed by atoms with Gasteiger partial charge in [0.1, 0.15) is 5.82 Å². The van der Waals surface area contributed by atoms with Crippen molar-refractivity contribution < 1.29 is 4.79 Å². The summed E-state index contributed by atoms with van der Waals surface area (Å²) >= 11 is 0. The number of carbonyl (C=O) groups is 1. The van der Waals surface area contributed by atoms with E-state index in [2.05, 4.69) is 43.4 Å². The lowest BCUT2D eigenvalue weighted by Crippen LogP contribution is -2.30. The molecule has 112 valence electrons. The zero-order valence-electron chi connectivity index (χ0n) is 12.9. The molecule has 0 spiro atoms. The fourth-order valence-electron chi connectivity index (χ4n) is 1.77. The van der Waals surface area contributed by atoms with Gasteiger partial charge in [-0.25, -0.2) is 10.8 Å². The maximum atomic E-state index is 12.2. The summed E-state index contributed by atoms with van der Waals surface area (Å²) in [4.78, 5) is 16.5. The molecule has 5 heteroatoms. The van der Waals surface area contributed by atoms with E-state index in [9.17, 15) is 4.79 Å². The molecule has 0 bridgehead atoms. The second-order valence-corrected chi connectivity index (χ2v) is 5.56. The summed E-state index contributed by atoms with van der Waals surface area (Å²) in [5.74, 6) is 6.85. The van der Waals surface area contributed by atoms with Crippen molar-refractivity contribution in [1.29, 1.82) is 0 Å². The summed E-state index contributed by atoms with van der Waals surface area (Å²) in [6, 6.07) is 3.51. The standard InChI is InChI=1S/C15H26N4O/c1-5-6-13-7-12(8-14(18-13)19-16)15(20)17-9-11(4)10(2)3/h7-8,10-11H,5-6,9,16H2,1-4H3,(H,17,20)(H,18,19). The minimum atomic E-state index is -0.0752. The molecule has 1 amide bonds. The zero-order valence-corrected chi connectivity index (χ0v) is 12.9. The van der Waals surface area contributed by atoms with E-state index in [0.29, 0.717) is 29.8 Å². The normalized spacial score (nSPS) is 12.3. The number of amides is 1. The van der Waals surface area contributed by atoms with Gasteiger partial charge in [-0.3, -0.25) is 4.79 Å². The average molecular weight is 278 g/mol. The number of nitrogens with one attached hydrogen (secondary N) is 2. The maximum Gasteiger partial charge on any atom is 0.251 e. The smallest absolute Gasteiger partial charge is 0.251 e. The number of aryl methyl sites for hydroxylation is 1. The Hall–Kier alpha value is -1.62. The van der Waals surface area contributed by atoms with E-state index in [4.69, 9.17) is 5.84 Å². The summed E-state index contributed by atoms with van der Waals surface area (Å²) in [5.41, 5.74) is 4.00. The van der Waals surface area contributed by atoms with Gasteiger partial charge < -0.3 is 10.7 Å². The topological polar surface area (TPSA) is 80.0 Å². The van der Waals surface area contributed by atoms with E-state index in [0.717, 1.165) is 18.5 Å². The Morgan fingerprint density at radius 1 is 1.35 bits per heavy atom. The summed E-state index contributed by atoms with van der Waals surface area (Å²) < 4.78 is 0. The van der Waals surface area contributed by atoms with Crippen LogP contribution >= 0.6 is 0 Å². The molecule has 1 rings (SSSR count). The van der Waals surface area contributed by atoms with Gasteiger partial charge in [0, 0.05) is 17.8 Å². The number of anilines is 1. The lowest BCUT2D eigenvalue weighted by Gasteiger charge is -2.16. The van der Waals surface area contributed by atoms with Crippen LogP contribution in [0, 0.1) is 11.8 Å². The Morgan fingerprint density at radius 2 is 2.05 bits per heavy atom. The molecule has 0 aliphatic carbocycles. The summed E-state index contributed by atoms with van der Waals surface area (Å²) in [6.45, 7) is 9.19. The number of hydrogen-bond donors (Lipinski definition) is 3. The van der Waals surface area contributed by atoms with Crippen LogP contribution in [0.25, 0.3) is 0 Å². The van der Waals surface area contributed by atoms with Crippen molar-refractivity contribution in [3.63, 3.8) is 0 Å². The average Bonchev–Trinajstić information content (AvgIpc) is 2.44. The molecule has 1 atom stereocenters. The van der Waals surface area contributed by atoms with Crippen LogP contribution in [0.2, 0.25) is 0 Å². The highest BCUT2D eigenvalue weighted by atomic mass is 16.1. The molecular formula is C15H26N4O. The van der Waals surface area contributed by atoms with Crippen LogP contribution in [0.1, 0.15) is 50.2 Å². The molecule has 0 fully saturated rings. The third-order valence-electron chi connectivity index (χ3n) is 3.52. The van der Waals surface area contributed by atoms with E-state index in [1.54, 1.807) is 6.07 Å². The molecule has 1 aromatic rings. The van der Waals surface area contributed by atoms with Crippen LogP contribution in [0.3, 0.4) is 0 Å². The number of pyridine rings is 1. The van der Waals surface area contributed by atoms with E-state index in [1.165, 1.54) is 0 Å². The minimum absolute atomic E-state index is 0.0752. The van der Waals surface area contributed by atoms with Crippen molar-refractivity contribution in [2.45, 2.75) is 40.5 Å². The number of aromatic nitrogens is 1. The Labute approximate surface area is 121 Å². The summed E-state index contributed by atoms with van der Waals surface area (Å²) in [7, 11) is 0. The number of nitrogens with two attached hydrogens (primary N) is 1. The monoisotopic (exact) mass is 278 g/mol. The molecule has 5 nitrogen and oxygen atoms in total. The van der Waals surface area contributed by atoms with Gasteiger partial charge >= 0.3 is 0 Å². The number of hydrazine groups is 1. The van der Waals surface area contributed by atoms with Gasteiger partial charge in [-0.15, -0.1) is 0 Å². The number of hydrogen-bond acceptors (Lipinski definition) is 4. The number of nitrogen functional groups attached to an aromatic ring is 1. The first-order valence-corrected chi connectivity index (χ1v) is 7.23. The van der Waals surface area contributed by atoms with Gasteiger partial charge in [0.2, 0.25) is 0 Å². The first-order valence-electron chi connectivity index (χ1n) is 7.23. The second-order valence-electron chi connectivity index (χ2n) is 5.56. The van der Waals surface area contributed by atoms with Crippen LogP contribution in [0.5, 0.6) is 0 Å². The van der Waals surface area contributed by atoms with E-state index in [1.807, 2.05) is 6.07 Å². The highest BCUT2D eigenvalue weighted by Gasteiger charge is 2.12. The lowest BCUT2D eigenvalue weighted by atomic mass is 9.98. The van der Waals surface area contributed by atoms with Crippen LogP contribution in [0.4, 0.5) is 5.82 Å². The van der Waals surface area contributed by atoms with Crippen molar-refractivity contribution in [2.75, 3.05) is 12.0 Å². The van der Waals surface area contributed by atoms with Crippen molar-refractivity contribution in [3.05, 3.63) is 23.4 Å². The molecule has 0 saturated carbocycles. The van der Waals surface area contributed by atoms with E-state index < -0.39 is 0 Å². The molecule has 0 aromatic carbocycles. The second kappa shape index (κ2) is 7.85. The van der Waals surface area contributed by atoms with Crippen molar-refractivity contribution >= 4 is 11.7 Å². The highest BCUT2D eigenvalue weighted by molar-refractivity contribution is 5.95. The van der Waals surface area contributed by atoms with Crippen LogP contribution in [-0.4, -0.2) is 17.4 Å². The molecule has 20 heavy (non-hydrogen) atoms. The van der Waals surface area contributed by atoms with Crippen molar-refractivity contribution in [2.24, 2.45) is 17.7 Å². The highest BCUT2D eigenvalue weighted by Crippen LogP contribution is 2.12. The number of nitrogens with zero attached hydrogens (tertiary/aromatic N) is 1. The fourth-order valence-corrected chi connectivity index (χ4v) is 1.77.